The predicted octanol–water partition coefficient (Wildman–Crippen LogP) is 1.36. The lowest BCUT2D eigenvalue weighted by Crippen LogP contribution is -2.12. The summed E-state index contributed by atoms with van der Waals surface area (Å²) in [4.78, 5) is 4.27. The minimum atomic E-state index is -0.832. The van der Waals surface area contributed by atoms with Crippen LogP contribution in [0.3, 0.4) is 0 Å². The summed E-state index contributed by atoms with van der Waals surface area (Å²) in [6.07, 6.45) is 1.65. The van der Waals surface area contributed by atoms with Crippen molar-refractivity contribution in [2.24, 2.45) is 0 Å². The van der Waals surface area contributed by atoms with Crippen LogP contribution in [0.1, 0.15) is 16.8 Å². The van der Waals surface area contributed by atoms with E-state index < -0.39 is 10.8 Å². The minimum absolute atomic E-state index is 0.555. The normalized spacial score (nSPS) is 11.9. The van der Waals surface area contributed by atoms with E-state index in [1.165, 1.54) is 0 Å². The molecule has 16 heavy (non-hydrogen) atoms. The Kier molecular flexibility index (Phi) is 4.44. The van der Waals surface area contributed by atoms with Crippen LogP contribution in [0.15, 0.2) is 6.07 Å². The summed E-state index contributed by atoms with van der Waals surface area (Å²) in [7, 11) is -0.832. The highest BCUT2D eigenvalue weighted by Crippen LogP contribution is 2.17. The van der Waals surface area contributed by atoms with Gasteiger partial charge in [-0.15, -0.1) is 0 Å². The molecule has 0 aliphatic carbocycles. The van der Waals surface area contributed by atoms with Crippen molar-refractivity contribution < 1.29 is 4.21 Å². The van der Waals surface area contributed by atoms with Crippen LogP contribution in [0.2, 0.25) is 0 Å². The van der Waals surface area contributed by atoms with Gasteiger partial charge in [-0.05, 0) is 25.5 Å². The number of anilines is 1. The Morgan fingerprint density at radius 1 is 1.56 bits per heavy atom. The van der Waals surface area contributed by atoms with Crippen LogP contribution in [0, 0.1) is 25.2 Å². The molecule has 1 rings (SSSR count). The van der Waals surface area contributed by atoms with E-state index in [1.807, 2.05) is 19.9 Å². The van der Waals surface area contributed by atoms with E-state index in [-0.39, 0.29) is 0 Å². The van der Waals surface area contributed by atoms with Crippen LogP contribution in [0.25, 0.3) is 0 Å². The molecule has 1 aromatic rings. The Bertz CT molecular complexity index is 451. The van der Waals surface area contributed by atoms with Gasteiger partial charge in [-0.25, -0.2) is 4.98 Å². The number of hydrogen-bond acceptors (Lipinski definition) is 4. The predicted molar refractivity (Wildman–Crippen MR) is 65.8 cm³/mol. The maximum Gasteiger partial charge on any atom is 0.144 e. The van der Waals surface area contributed by atoms with Gasteiger partial charge in [0.15, 0.2) is 0 Å². The lowest BCUT2D eigenvalue weighted by Gasteiger charge is -2.09. The molecule has 0 fully saturated rings. The van der Waals surface area contributed by atoms with E-state index in [0.29, 0.717) is 23.7 Å². The maximum atomic E-state index is 10.9. The van der Waals surface area contributed by atoms with Crippen molar-refractivity contribution >= 4 is 16.6 Å². The lowest BCUT2D eigenvalue weighted by molar-refractivity contribution is 0.687. The molecule has 86 valence electrons. The third-order valence-electron chi connectivity index (χ3n) is 2.14. The van der Waals surface area contributed by atoms with Gasteiger partial charge in [0.05, 0.1) is 5.56 Å². The monoisotopic (exact) mass is 237 g/mol. The van der Waals surface area contributed by atoms with E-state index in [9.17, 15) is 4.21 Å². The number of nitriles is 1. The van der Waals surface area contributed by atoms with Crippen LogP contribution in [0.4, 0.5) is 5.82 Å². The zero-order valence-electron chi connectivity index (χ0n) is 9.70. The van der Waals surface area contributed by atoms with Crippen molar-refractivity contribution in [1.82, 2.24) is 4.98 Å². The molecule has 0 aromatic carbocycles. The van der Waals surface area contributed by atoms with E-state index in [2.05, 4.69) is 16.4 Å². The van der Waals surface area contributed by atoms with Gasteiger partial charge >= 0.3 is 0 Å². The maximum absolute atomic E-state index is 10.9. The molecule has 0 radical (unpaired) electrons. The summed E-state index contributed by atoms with van der Waals surface area (Å²) < 4.78 is 10.9. The smallest absolute Gasteiger partial charge is 0.144 e. The van der Waals surface area contributed by atoms with E-state index >= 15 is 0 Å². The molecule has 0 aliphatic heterocycles. The molecule has 0 spiro atoms. The van der Waals surface area contributed by atoms with Crippen molar-refractivity contribution in [2.45, 2.75) is 13.8 Å². The summed E-state index contributed by atoms with van der Waals surface area (Å²) in [5.74, 6) is 1.14. The summed E-state index contributed by atoms with van der Waals surface area (Å²) in [5.41, 5.74) is 2.35. The largest absolute Gasteiger partial charge is 0.368 e. The molecule has 5 heteroatoms. The molecule has 1 heterocycles. The second kappa shape index (κ2) is 5.61. The highest BCUT2D eigenvalue weighted by atomic mass is 32.2. The second-order valence-electron chi connectivity index (χ2n) is 3.62. The van der Waals surface area contributed by atoms with E-state index in [1.54, 1.807) is 6.26 Å². The molecular weight excluding hydrogens is 222 g/mol. The molecule has 0 amide bonds. The fraction of sp³-hybridized carbons (Fsp3) is 0.455. The molecule has 0 bridgehead atoms. The van der Waals surface area contributed by atoms with Crippen LogP contribution < -0.4 is 5.32 Å². The Morgan fingerprint density at radius 2 is 2.25 bits per heavy atom. The zero-order chi connectivity index (χ0) is 12.1. The molecular formula is C11H15N3OS. The molecule has 0 saturated heterocycles. The Morgan fingerprint density at radius 3 is 2.81 bits per heavy atom. The topological polar surface area (TPSA) is 65.8 Å². The third-order valence-corrected chi connectivity index (χ3v) is 2.92. The second-order valence-corrected chi connectivity index (χ2v) is 5.17. The molecule has 4 nitrogen and oxygen atoms in total. The van der Waals surface area contributed by atoms with Gasteiger partial charge in [0.25, 0.3) is 0 Å². The molecule has 1 atom stereocenters. The van der Waals surface area contributed by atoms with Crippen molar-refractivity contribution in [3.63, 3.8) is 0 Å². The first-order chi connectivity index (χ1) is 7.54. The highest BCUT2D eigenvalue weighted by Gasteiger charge is 2.07. The number of rotatable bonds is 4. The van der Waals surface area contributed by atoms with Crippen LogP contribution in [0.5, 0.6) is 0 Å². The molecule has 0 saturated carbocycles. The van der Waals surface area contributed by atoms with Gasteiger partial charge in [-0.2, -0.15) is 5.26 Å². The average Bonchev–Trinajstić information content (AvgIpc) is 2.16. The third kappa shape index (κ3) is 3.31. The Balaban J connectivity index is 2.86. The first-order valence-corrected chi connectivity index (χ1v) is 6.69. The summed E-state index contributed by atoms with van der Waals surface area (Å²) >= 11 is 0. The van der Waals surface area contributed by atoms with Gasteiger partial charge in [0.1, 0.15) is 11.9 Å². The van der Waals surface area contributed by atoms with Gasteiger partial charge in [-0.1, -0.05) is 0 Å². The molecule has 1 N–H and O–H groups in total. The summed E-state index contributed by atoms with van der Waals surface area (Å²) in [5, 5.41) is 12.1. The quantitative estimate of drug-likeness (QED) is 0.858. The lowest BCUT2D eigenvalue weighted by atomic mass is 10.1. The van der Waals surface area contributed by atoms with Gasteiger partial charge in [-0.3, -0.25) is 4.21 Å². The summed E-state index contributed by atoms with van der Waals surface area (Å²) in [6.45, 7) is 4.33. The molecule has 0 aliphatic rings. The number of hydrogen-bond donors (Lipinski definition) is 1. The number of aromatic nitrogens is 1. The molecule has 1 unspecified atom stereocenters. The van der Waals surface area contributed by atoms with Gasteiger partial charge in [0.2, 0.25) is 0 Å². The zero-order valence-corrected chi connectivity index (χ0v) is 10.5. The number of pyridine rings is 1. The van der Waals surface area contributed by atoms with Crippen LogP contribution in [-0.4, -0.2) is 27.7 Å². The number of nitrogens with zero attached hydrogens (tertiary/aromatic N) is 2. The van der Waals surface area contributed by atoms with E-state index in [4.69, 9.17) is 5.26 Å². The summed E-state index contributed by atoms with van der Waals surface area (Å²) in [6, 6.07) is 4.01. The SMILES string of the molecule is Cc1cc(C)c(C#N)c(NCCS(C)=O)n1. The van der Waals surface area contributed by atoms with Crippen LogP contribution in [-0.2, 0) is 10.8 Å². The van der Waals surface area contributed by atoms with Crippen LogP contribution >= 0.6 is 0 Å². The highest BCUT2D eigenvalue weighted by molar-refractivity contribution is 7.84. The standard InChI is InChI=1S/C11H15N3OS/c1-8-6-9(2)14-11(10(8)7-12)13-4-5-16(3)15/h6H,4-5H2,1-3H3,(H,13,14). The Labute approximate surface area is 98.2 Å². The fourth-order valence-electron chi connectivity index (χ4n) is 1.42. The van der Waals surface area contributed by atoms with Crippen molar-refractivity contribution in [2.75, 3.05) is 23.9 Å². The Hall–Kier alpha value is -1.41. The van der Waals surface area contributed by atoms with Gasteiger partial charge < -0.3 is 5.32 Å². The van der Waals surface area contributed by atoms with Crippen molar-refractivity contribution in [3.8, 4) is 6.07 Å². The fourth-order valence-corrected chi connectivity index (χ4v) is 1.81. The minimum Gasteiger partial charge on any atom is -0.368 e. The number of aryl methyl sites for hydroxylation is 2. The number of nitrogens with one attached hydrogen (secondary N) is 1. The first-order valence-electron chi connectivity index (χ1n) is 4.97. The van der Waals surface area contributed by atoms with Crippen molar-refractivity contribution in [3.05, 3.63) is 22.9 Å². The van der Waals surface area contributed by atoms with Gasteiger partial charge in [0, 0.05) is 35.0 Å². The van der Waals surface area contributed by atoms with Crippen molar-refractivity contribution in [1.29, 1.82) is 5.26 Å². The average molecular weight is 237 g/mol. The van der Waals surface area contributed by atoms with E-state index in [0.717, 1.165) is 11.3 Å². The molecule has 1 aromatic heterocycles. The first kappa shape index (κ1) is 12.7.